The van der Waals surface area contributed by atoms with Gasteiger partial charge in [-0.15, -0.1) is 0 Å². The number of halogens is 1. The molecule has 94 valence electrons. The highest BCUT2D eigenvalue weighted by Crippen LogP contribution is 2.33. The summed E-state index contributed by atoms with van der Waals surface area (Å²) in [6.45, 7) is 0. The highest BCUT2D eigenvalue weighted by atomic mass is 79.9. The number of likely N-dealkylation sites (N-methyl/N-ethyl adjacent to an activating group) is 1. The first-order valence-corrected chi connectivity index (χ1v) is 5.73. The molecular weight excluding hydrogens is 300 g/mol. The van der Waals surface area contributed by atoms with Gasteiger partial charge < -0.3 is 15.2 Å². The summed E-state index contributed by atoms with van der Waals surface area (Å²) < 4.78 is 5.51. The number of aromatic hydroxyl groups is 1. The summed E-state index contributed by atoms with van der Waals surface area (Å²) in [4.78, 5) is 11.4. The van der Waals surface area contributed by atoms with Gasteiger partial charge in [-0.1, -0.05) is 15.9 Å². The number of carbonyl (C=O) groups excluding carboxylic acids is 1. The Morgan fingerprint density at radius 2 is 2.28 bits per heavy atom. The molecule has 1 rings (SSSR count). The van der Waals surface area contributed by atoms with Gasteiger partial charge in [0, 0.05) is 11.5 Å². The Hall–Kier alpha value is -2.00. The summed E-state index contributed by atoms with van der Waals surface area (Å²) in [7, 11) is 2.86. The van der Waals surface area contributed by atoms with Crippen molar-refractivity contribution in [1.82, 2.24) is 5.32 Å². The van der Waals surface area contributed by atoms with Crippen LogP contribution < -0.4 is 10.1 Å². The standard InChI is InChI=1S/C12H11BrN2O3/c1-15-12(17)8(6-14)3-7-4-11(18-2)10(16)5-9(7)13/h3-5,16H,1-2H3,(H,15,17)/b8-3-. The van der Waals surface area contributed by atoms with Crippen molar-refractivity contribution in [2.45, 2.75) is 0 Å². The predicted molar refractivity (Wildman–Crippen MR) is 70.0 cm³/mol. The first-order chi connectivity index (χ1) is 8.53. The summed E-state index contributed by atoms with van der Waals surface area (Å²) in [5, 5.41) is 20.8. The van der Waals surface area contributed by atoms with Crippen molar-refractivity contribution in [2.75, 3.05) is 14.2 Å². The molecule has 0 spiro atoms. The van der Waals surface area contributed by atoms with E-state index in [2.05, 4.69) is 21.2 Å². The molecular formula is C12H11BrN2O3. The van der Waals surface area contributed by atoms with Crippen molar-refractivity contribution in [1.29, 1.82) is 5.26 Å². The lowest BCUT2D eigenvalue weighted by molar-refractivity contribution is -0.116. The number of rotatable bonds is 3. The molecule has 0 aliphatic carbocycles. The molecule has 0 saturated carbocycles. The van der Waals surface area contributed by atoms with E-state index in [1.165, 1.54) is 32.4 Å². The zero-order valence-corrected chi connectivity index (χ0v) is 11.4. The molecule has 0 bridgehead atoms. The second kappa shape index (κ2) is 6.07. The quantitative estimate of drug-likeness (QED) is 0.659. The van der Waals surface area contributed by atoms with Crippen LogP contribution >= 0.6 is 15.9 Å². The van der Waals surface area contributed by atoms with E-state index >= 15 is 0 Å². The second-order valence-electron chi connectivity index (χ2n) is 3.29. The fourth-order valence-corrected chi connectivity index (χ4v) is 1.72. The molecule has 0 heterocycles. The summed E-state index contributed by atoms with van der Waals surface area (Å²) >= 11 is 3.24. The lowest BCUT2D eigenvalue weighted by atomic mass is 10.1. The average Bonchev–Trinajstić information content (AvgIpc) is 2.37. The fraction of sp³-hybridized carbons (Fsp3) is 0.167. The maximum absolute atomic E-state index is 11.4. The van der Waals surface area contributed by atoms with E-state index in [0.29, 0.717) is 10.0 Å². The third kappa shape index (κ3) is 3.02. The van der Waals surface area contributed by atoms with Gasteiger partial charge in [-0.3, -0.25) is 4.79 Å². The lowest BCUT2D eigenvalue weighted by Crippen LogP contribution is -2.19. The van der Waals surface area contributed by atoms with Crippen LogP contribution in [0.3, 0.4) is 0 Å². The average molecular weight is 311 g/mol. The molecule has 5 nitrogen and oxygen atoms in total. The third-order valence-electron chi connectivity index (χ3n) is 2.19. The first-order valence-electron chi connectivity index (χ1n) is 4.93. The molecule has 0 fully saturated rings. The Labute approximate surface area is 113 Å². The van der Waals surface area contributed by atoms with Crippen LogP contribution in [-0.2, 0) is 4.79 Å². The van der Waals surface area contributed by atoms with Crippen LogP contribution in [0.1, 0.15) is 5.56 Å². The molecule has 2 N–H and O–H groups in total. The predicted octanol–water partition coefficient (Wildman–Crippen LogP) is 1.82. The summed E-state index contributed by atoms with van der Waals surface area (Å²) in [5.74, 6) is -0.241. The van der Waals surface area contributed by atoms with Gasteiger partial charge in [0.05, 0.1) is 7.11 Å². The lowest BCUT2D eigenvalue weighted by Gasteiger charge is -2.07. The molecule has 1 amide bonds. The number of nitrogens with one attached hydrogen (secondary N) is 1. The molecule has 0 radical (unpaired) electrons. The van der Waals surface area contributed by atoms with Crippen molar-refractivity contribution < 1.29 is 14.6 Å². The Morgan fingerprint density at radius 3 is 2.78 bits per heavy atom. The summed E-state index contributed by atoms with van der Waals surface area (Å²) in [5.41, 5.74) is 0.524. The number of phenolic OH excluding ortho intramolecular Hbond substituents is 1. The molecule has 18 heavy (non-hydrogen) atoms. The van der Waals surface area contributed by atoms with E-state index in [0.717, 1.165) is 0 Å². The molecule has 1 aromatic carbocycles. The van der Waals surface area contributed by atoms with Crippen LogP contribution in [0.25, 0.3) is 6.08 Å². The fourth-order valence-electron chi connectivity index (χ4n) is 1.27. The van der Waals surface area contributed by atoms with Crippen molar-refractivity contribution in [3.63, 3.8) is 0 Å². The minimum atomic E-state index is -0.476. The van der Waals surface area contributed by atoms with Crippen LogP contribution in [0.4, 0.5) is 0 Å². The van der Waals surface area contributed by atoms with E-state index in [9.17, 15) is 9.90 Å². The molecule has 0 aliphatic heterocycles. The highest BCUT2D eigenvalue weighted by Gasteiger charge is 2.10. The number of phenols is 1. The van der Waals surface area contributed by atoms with Gasteiger partial charge in [-0.25, -0.2) is 0 Å². The van der Waals surface area contributed by atoms with E-state index in [-0.39, 0.29) is 17.1 Å². The van der Waals surface area contributed by atoms with E-state index in [4.69, 9.17) is 10.00 Å². The molecule has 6 heteroatoms. The number of amides is 1. The van der Waals surface area contributed by atoms with Crippen molar-refractivity contribution in [3.05, 3.63) is 27.7 Å². The highest BCUT2D eigenvalue weighted by molar-refractivity contribution is 9.10. The van der Waals surface area contributed by atoms with Crippen LogP contribution in [0.15, 0.2) is 22.2 Å². The van der Waals surface area contributed by atoms with Crippen LogP contribution in [-0.4, -0.2) is 25.2 Å². The Morgan fingerprint density at radius 1 is 1.61 bits per heavy atom. The minimum Gasteiger partial charge on any atom is -0.504 e. The number of benzene rings is 1. The third-order valence-corrected chi connectivity index (χ3v) is 2.88. The summed E-state index contributed by atoms with van der Waals surface area (Å²) in [6.07, 6.45) is 1.41. The molecule has 0 unspecified atom stereocenters. The molecule has 0 aliphatic rings. The maximum atomic E-state index is 11.4. The van der Waals surface area contributed by atoms with E-state index < -0.39 is 5.91 Å². The van der Waals surface area contributed by atoms with Crippen LogP contribution in [0.2, 0.25) is 0 Å². The van der Waals surface area contributed by atoms with Crippen LogP contribution in [0, 0.1) is 11.3 Å². The van der Waals surface area contributed by atoms with Gasteiger partial charge >= 0.3 is 0 Å². The van der Waals surface area contributed by atoms with Crippen LogP contribution in [0.5, 0.6) is 11.5 Å². The van der Waals surface area contributed by atoms with Gasteiger partial charge in [0.25, 0.3) is 5.91 Å². The van der Waals surface area contributed by atoms with Gasteiger partial charge in [-0.05, 0) is 23.8 Å². The Bertz CT molecular complexity index is 547. The number of nitriles is 1. The largest absolute Gasteiger partial charge is 0.504 e. The Kier molecular flexibility index (Phi) is 4.75. The number of hydrogen-bond acceptors (Lipinski definition) is 4. The normalized spacial score (nSPS) is 10.7. The number of ether oxygens (including phenoxy) is 1. The zero-order chi connectivity index (χ0) is 13.7. The van der Waals surface area contributed by atoms with Gasteiger partial charge in [0.2, 0.25) is 0 Å². The number of nitrogens with zero attached hydrogens (tertiary/aromatic N) is 1. The minimum absolute atomic E-state index is 0.0278. The maximum Gasteiger partial charge on any atom is 0.261 e. The summed E-state index contributed by atoms with van der Waals surface area (Å²) in [6, 6.07) is 4.77. The zero-order valence-electron chi connectivity index (χ0n) is 9.82. The van der Waals surface area contributed by atoms with Crippen molar-refractivity contribution in [2.24, 2.45) is 0 Å². The molecule has 0 aromatic heterocycles. The van der Waals surface area contributed by atoms with Crippen molar-refractivity contribution >= 4 is 27.9 Å². The van der Waals surface area contributed by atoms with E-state index in [1.807, 2.05) is 0 Å². The topological polar surface area (TPSA) is 82.4 Å². The SMILES string of the molecule is CNC(=O)/C(C#N)=C\c1cc(OC)c(O)cc1Br. The molecule has 1 aromatic rings. The van der Waals surface area contributed by atoms with Gasteiger partial charge in [0.15, 0.2) is 11.5 Å². The first kappa shape index (κ1) is 14.1. The monoisotopic (exact) mass is 310 g/mol. The molecule has 0 atom stereocenters. The van der Waals surface area contributed by atoms with Gasteiger partial charge in [-0.2, -0.15) is 5.26 Å². The smallest absolute Gasteiger partial charge is 0.261 e. The van der Waals surface area contributed by atoms with Crippen molar-refractivity contribution in [3.8, 4) is 17.6 Å². The number of methoxy groups -OCH3 is 1. The Balaban J connectivity index is 3.30. The number of hydrogen-bond donors (Lipinski definition) is 2. The van der Waals surface area contributed by atoms with Gasteiger partial charge in [0.1, 0.15) is 11.6 Å². The number of carbonyl (C=O) groups is 1. The second-order valence-corrected chi connectivity index (χ2v) is 4.15. The molecule has 0 saturated heterocycles. The van der Waals surface area contributed by atoms with E-state index in [1.54, 1.807) is 6.07 Å².